The molecule has 0 saturated carbocycles. The van der Waals surface area contributed by atoms with Crippen molar-refractivity contribution in [3.63, 3.8) is 0 Å². The molecule has 0 aliphatic rings. The predicted octanol–water partition coefficient (Wildman–Crippen LogP) is 2.54. The SMILES string of the molecule is CNc1cc(NC(=O)Nc2c(F)ccc(N)c2Cl)ncn1. The molecule has 0 radical (unpaired) electrons. The molecule has 110 valence electrons. The van der Waals surface area contributed by atoms with Crippen molar-refractivity contribution in [2.24, 2.45) is 0 Å². The summed E-state index contributed by atoms with van der Waals surface area (Å²) in [5, 5.41) is 7.45. The first-order chi connectivity index (χ1) is 10.0. The first-order valence-electron chi connectivity index (χ1n) is 5.82. The molecule has 7 nitrogen and oxygen atoms in total. The van der Waals surface area contributed by atoms with Crippen LogP contribution >= 0.6 is 11.6 Å². The lowest BCUT2D eigenvalue weighted by molar-refractivity contribution is 0.262. The van der Waals surface area contributed by atoms with E-state index in [0.717, 1.165) is 6.07 Å². The van der Waals surface area contributed by atoms with Gasteiger partial charge in [0.15, 0.2) is 0 Å². The van der Waals surface area contributed by atoms with Crippen LogP contribution < -0.4 is 21.7 Å². The molecule has 2 aromatic rings. The molecular weight excluding hydrogens is 299 g/mol. The van der Waals surface area contributed by atoms with Crippen LogP contribution in [-0.4, -0.2) is 23.0 Å². The number of carbonyl (C=O) groups excluding carboxylic acids is 1. The third-order valence-corrected chi connectivity index (χ3v) is 2.93. The van der Waals surface area contributed by atoms with Crippen molar-refractivity contribution in [2.45, 2.75) is 0 Å². The van der Waals surface area contributed by atoms with E-state index < -0.39 is 11.8 Å². The summed E-state index contributed by atoms with van der Waals surface area (Å²) in [5.41, 5.74) is 5.52. The van der Waals surface area contributed by atoms with Crippen molar-refractivity contribution in [2.75, 3.05) is 28.7 Å². The molecule has 2 amide bonds. The van der Waals surface area contributed by atoms with Gasteiger partial charge in [0.2, 0.25) is 0 Å². The van der Waals surface area contributed by atoms with Crippen molar-refractivity contribution in [1.82, 2.24) is 9.97 Å². The van der Waals surface area contributed by atoms with E-state index in [1.54, 1.807) is 7.05 Å². The van der Waals surface area contributed by atoms with Gasteiger partial charge < -0.3 is 16.4 Å². The van der Waals surface area contributed by atoms with Crippen LogP contribution in [0.4, 0.5) is 32.2 Å². The Morgan fingerprint density at radius 1 is 1.29 bits per heavy atom. The van der Waals surface area contributed by atoms with Crippen molar-refractivity contribution in [1.29, 1.82) is 0 Å². The average molecular weight is 311 g/mol. The van der Waals surface area contributed by atoms with Gasteiger partial charge in [-0.05, 0) is 12.1 Å². The average Bonchev–Trinajstić information content (AvgIpc) is 2.48. The number of carbonyl (C=O) groups is 1. The lowest BCUT2D eigenvalue weighted by Crippen LogP contribution is -2.21. The van der Waals surface area contributed by atoms with E-state index in [0.29, 0.717) is 5.82 Å². The zero-order chi connectivity index (χ0) is 15.4. The Balaban J connectivity index is 2.13. The third kappa shape index (κ3) is 3.48. The quantitative estimate of drug-likeness (QED) is 0.652. The number of nitrogens with zero attached hydrogens (tertiary/aromatic N) is 2. The largest absolute Gasteiger partial charge is 0.397 e. The zero-order valence-corrected chi connectivity index (χ0v) is 11.7. The standard InChI is InChI=1S/C12H12ClFN6O/c1-16-8-4-9(18-5-17-8)19-12(21)20-11-6(14)2-3-7(15)10(11)13/h2-5H,15H2,1H3,(H3,16,17,18,19,20,21). The predicted molar refractivity (Wildman–Crippen MR) is 80.0 cm³/mol. The maximum Gasteiger partial charge on any atom is 0.324 e. The zero-order valence-electron chi connectivity index (χ0n) is 10.9. The van der Waals surface area contributed by atoms with E-state index in [1.807, 2.05) is 0 Å². The fourth-order valence-electron chi connectivity index (χ4n) is 1.51. The van der Waals surface area contributed by atoms with Crippen LogP contribution in [0.25, 0.3) is 0 Å². The maximum atomic E-state index is 13.6. The van der Waals surface area contributed by atoms with E-state index in [-0.39, 0.29) is 22.2 Å². The number of halogens is 2. The Morgan fingerprint density at radius 3 is 2.71 bits per heavy atom. The summed E-state index contributed by atoms with van der Waals surface area (Å²) in [6, 6.07) is 3.23. The smallest absolute Gasteiger partial charge is 0.324 e. The number of nitrogens with two attached hydrogens (primary N) is 1. The Hall–Kier alpha value is -2.61. The summed E-state index contributed by atoms with van der Waals surface area (Å²) >= 11 is 5.85. The molecule has 9 heteroatoms. The molecule has 5 N–H and O–H groups in total. The molecule has 0 fully saturated rings. The minimum Gasteiger partial charge on any atom is -0.397 e. The van der Waals surface area contributed by atoms with Crippen LogP contribution in [0.2, 0.25) is 5.02 Å². The fourth-order valence-corrected chi connectivity index (χ4v) is 1.71. The van der Waals surface area contributed by atoms with Gasteiger partial charge in [0, 0.05) is 13.1 Å². The van der Waals surface area contributed by atoms with Crippen molar-refractivity contribution < 1.29 is 9.18 Å². The number of benzene rings is 1. The minimum atomic E-state index is -0.706. The number of nitrogen functional groups attached to an aromatic ring is 1. The normalized spacial score (nSPS) is 10.0. The van der Waals surface area contributed by atoms with E-state index >= 15 is 0 Å². The highest BCUT2D eigenvalue weighted by atomic mass is 35.5. The molecule has 0 spiro atoms. The molecule has 1 aromatic carbocycles. The van der Waals surface area contributed by atoms with E-state index in [2.05, 4.69) is 25.9 Å². The lowest BCUT2D eigenvalue weighted by atomic mass is 10.2. The summed E-state index contributed by atoms with van der Waals surface area (Å²) < 4.78 is 13.6. The summed E-state index contributed by atoms with van der Waals surface area (Å²) in [7, 11) is 1.67. The molecule has 0 saturated heterocycles. The van der Waals surface area contributed by atoms with Crippen molar-refractivity contribution >= 4 is 40.6 Å². The molecule has 0 aliphatic heterocycles. The molecule has 2 rings (SSSR count). The second-order valence-corrected chi connectivity index (χ2v) is 4.32. The number of anilines is 4. The van der Waals surface area contributed by atoms with Crippen LogP contribution in [0.1, 0.15) is 0 Å². The van der Waals surface area contributed by atoms with E-state index in [4.69, 9.17) is 17.3 Å². The number of urea groups is 1. The number of nitrogens with one attached hydrogen (secondary N) is 3. The van der Waals surface area contributed by atoms with Crippen LogP contribution in [0.15, 0.2) is 24.5 Å². The van der Waals surface area contributed by atoms with Gasteiger partial charge in [-0.15, -0.1) is 0 Å². The summed E-state index contributed by atoms with van der Waals surface area (Å²) in [6.45, 7) is 0. The van der Waals surface area contributed by atoms with E-state index in [9.17, 15) is 9.18 Å². The van der Waals surface area contributed by atoms with Crippen molar-refractivity contribution in [3.05, 3.63) is 35.4 Å². The van der Waals surface area contributed by atoms with Gasteiger partial charge in [-0.3, -0.25) is 5.32 Å². The van der Waals surface area contributed by atoms with Crippen LogP contribution in [0, 0.1) is 5.82 Å². The monoisotopic (exact) mass is 310 g/mol. The van der Waals surface area contributed by atoms with Gasteiger partial charge in [0.25, 0.3) is 0 Å². The van der Waals surface area contributed by atoms with Crippen LogP contribution in [0.3, 0.4) is 0 Å². The first-order valence-corrected chi connectivity index (χ1v) is 6.20. The third-order valence-electron chi connectivity index (χ3n) is 2.52. The summed E-state index contributed by atoms with van der Waals surface area (Å²) in [6.07, 6.45) is 1.27. The lowest BCUT2D eigenvalue weighted by Gasteiger charge is -2.11. The molecule has 0 unspecified atom stereocenters. The number of aromatic nitrogens is 2. The van der Waals surface area contributed by atoms with Gasteiger partial charge in [-0.25, -0.2) is 19.2 Å². The number of hydrogen-bond acceptors (Lipinski definition) is 5. The van der Waals surface area contributed by atoms with Gasteiger partial charge in [-0.2, -0.15) is 0 Å². The van der Waals surface area contributed by atoms with Crippen LogP contribution in [-0.2, 0) is 0 Å². The van der Waals surface area contributed by atoms with Gasteiger partial charge in [-0.1, -0.05) is 11.6 Å². The molecule has 21 heavy (non-hydrogen) atoms. The highest BCUT2D eigenvalue weighted by Crippen LogP contribution is 2.30. The molecule has 0 atom stereocenters. The van der Waals surface area contributed by atoms with Gasteiger partial charge >= 0.3 is 6.03 Å². The Kier molecular flexibility index (Phi) is 4.39. The Bertz CT molecular complexity index is 681. The van der Waals surface area contributed by atoms with Crippen molar-refractivity contribution in [3.8, 4) is 0 Å². The molecule has 0 bridgehead atoms. The van der Waals surface area contributed by atoms with E-state index in [1.165, 1.54) is 18.5 Å². The highest BCUT2D eigenvalue weighted by molar-refractivity contribution is 6.36. The summed E-state index contributed by atoms with van der Waals surface area (Å²) in [5.74, 6) is 0.0729. The Labute approximate surface area is 124 Å². The van der Waals surface area contributed by atoms with Crippen LogP contribution in [0.5, 0.6) is 0 Å². The number of hydrogen-bond donors (Lipinski definition) is 4. The molecular formula is C12H12ClFN6O. The topological polar surface area (TPSA) is 105 Å². The highest BCUT2D eigenvalue weighted by Gasteiger charge is 2.13. The maximum absolute atomic E-state index is 13.6. The second-order valence-electron chi connectivity index (χ2n) is 3.94. The molecule has 0 aliphatic carbocycles. The van der Waals surface area contributed by atoms with Gasteiger partial charge in [0.1, 0.15) is 23.8 Å². The van der Waals surface area contributed by atoms with Gasteiger partial charge in [0.05, 0.1) is 16.4 Å². The fraction of sp³-hybridized carbons (Fsp3) is 0.0833. The molecule has 1 heterocycles. The number of amides is 2. The number of rotatable bonds is 3. The Morgan fingerprint density at radius 2 is 2.00 bits per heavy atom. The minimum absolute atomic E-state index is 0.0660. The first kappa shape index (κ1) is 14.8. The molecule has 1 aromatic heterocycles. The summed E-state index contributed by atoms with van der Waals surface area (Å²) in [4.78, 5) is 19.6. The second kappa shape index (κ2) is 6.23.